The molecular formula is C6H10ClN3. The summed E-state index contributed by atoms with van der Waals surface area (Å²) >= 11 is 5.57. The molecule has 56 valence electrons. The number of nitrogens with zero attached hydrogens (tertiary/aromatic N) is 3. The van der Waals surface area contributed by atoms with Crippen molar-refractivity contribution < 1.29 is 0 Å². The SMILES string of the molecule is CC(C)(C)n1ncc(Cl)n1. The highest BCUT2D eigenvalue weighted by Gasteiger charge is 2.14. The summed E-state index contributed by atoms with van der Waals surface area (Å²) in [6.45, 7) is 6.05. The van der Waals surface area contributed by atoms with Gasteiger partial charge in [0.15, 0.2) is 5.15 Å². The Morgan fingerprint density at radius 2 is 2.10 bits per heavy atom. The summed E-state index contributed by atoms with van der Waals surface area (Å²) in [5.41, 5.74) is -0.0762. The van der Waals surface area contributed by atoms with Gasteiger partial charge in [0, 0.05) is 0 Å². The zero-order valence-electron chi connectivity index (χ0n) is 6.30. The Balaban J connectivity index is 2.96. The Morgan fingerprint density at radius 3 is 2.30 bits per heavy atom. The van der Waals surface area contributed by atoms with Crippen LogP contribution in [0.5, 0.6) is 0 Å². The van der Waals surface area contributed by atoms with E-state index in [0.717, 1.165) is 0 Å². The molecule has 1 heterocycles. The molecule has 0 saturated carbocycles. The average Bonchev–Trinajstić information content (AvgIpc) is 2.11. The second kappa shape index (κ2) is 2.23. The highest BCUT2D eigenvalue weighted by Crippen LogP contribution is 2.11. The van der Waals surface area contributed by atoms with Crippen molar-refractivity contribution in [2.24, 2.45) is 0 Å². The highest BCUT2D eigenvalue weighted by atomic mass is 35.5. The fourth-order valence-electron chi connectivity index (χ4n) is 0.568. The molecule has 3 nitrogen and oxygen atoms in total. The quantitative estimate of drug-likeness (QED) is 0.577. The van der Waals surface area contributed by atoms with Crippen LogP contribution in [-0.2, 0) is 5.54 Å². The molecule has 0 aliphatic carbocycles. The summed E-state index contributed by atoms with van der Waals surface area (Å²) in [4.78, 5) is 1.59. The van der Waals surface area contributed by atoms with Crippen LogP contribution >= 0.6 is 11.6 Å². The van der Waals surface area contributed by atoms with Crippen LogP contribution in [-0.4, -0.2) is 15.0 Å². The standard InChI is InChI=1S/C6H10ClN3/c1-6(2,3)10-8-4-5(7)9-10/h4H,1-3H3. The molecule has 0 radical (unpaired) electrons. The molecule has 0 bridgehead atoms. The molecule has 1 aromatic heterocycles. The van der Waals surface area contributed by atoms with Gasteiger partial charge < -0.3 is 0 Å². The average molecular weight is 160 g/mol. The first kappa shape index (κ1) is 7.54. The van der Waals surface area contributed by atoms with Crippen LogP contribution in [0.15, 0.2) is 6.20 Å². The van der Waals surface area contributed by atoms with Crippen molar-refractivity contribution in [3.63, 3.8) is 0 Å². The van der Waals surface area contributed by atoms with E-state index in [0.29, 0.717) is 5.15 Å². The fourth-order valence-corrected chi connectivity index (χ4v) is 0.683. The number of rotatable bonds is 0. The Morgan fingerprint density at radius 1 is 1.50 bits per heavy atom. The van der Waals surface area contributed by atoms with Crippen LogP contribution in [0.25, 0.3) is 0 Å². The third-order valence-corrected chi connectivity index (χ3v) is 1.24. The molecule has 4 heteroatoms. The van der Waals surface area contributed by atoms with E-state index in [1.54, 1.807) is 4.80 Å². The van der Waals surface area contributed by atoms with E-state index in [-0.39, 0.29) is 5.54 Å². The maximum atomic E-state index is 5.57. The van der Waals surface area contributed by atoms with Crippen molar-refractivity contribution in [1.29, 1.82) is 0 Å². The molecule has 0 unspecified atom stereocenters. The molecule has 0 amide bonds. The molecule has 0 atom stereocenters. The summed E-state index contributed by atoms with van der Waals surface area (Å²) in [6, 6.07) is 0. The van der Waals surface area contributed by atoms with Gasteiger partial charge in [-0.05, 0) is 20.8 Å². The minimum atomic E-state index is -0.0762. The van der Waals surface area contributed by atoms with Crippen LogP contribution in [0.4, 0.5) is 0 Å². The molecule has 0 fully saturated rings. The van der Waals surface area contributed by atoms with Crippen molar-refractivity contribution in [3.8, 4) is 0 Å². The van der Waals surface area contributed by atoms with E-state index in [4.69, 9.17) is 11.6 Å². The van der Waals surface area contributed by atoms with Crippen LogP contribution in [0.1, 0.15) is 20.8 Å². The fraction of sp³-hybridized carbons (Fsp3) is 0.667. The Labute approximate surface area is 65.0 Å². The minimum Gasteiger partial charge on any atom is -0.178 e. The molecule has 0 saturated heterocycles. The van der Waals surface area contributed by atoms with E-state index >= 15 is 0 Å². The molecule has 1 aromatic rings. The van der Waals surface area contributed by atoms with Crippen LogP contribution in [0.3, 0.4) is 0 Å². The summed E-state index contributed by atoms with van der Waals surface area (Å²) in [7, 11) is 0. The van der Waals surface area contributed by atoms with E-state index < -0.39 is 0 Å². The predicted molar refractivity (Wildman–Crippen MR) is 40.0 cm³/mol. The monoisotopic (exact) mass is 159 g/mol. The topological polar surface area (TPSA) is 30.7 Å². The summed E-state index contributed by atoms with van der Waals surface area (Å²) < 4.78 is 0. The summed E-state index contributed by atoms with van der Waals surface area (Å²) in [5, 5.41) is 8.35. The first-order chi connectivity index (χ1) is 4.50. The molecule has 0 N–H and O–H groups in total. The smallest absolute Gasteiger partial charge is 0.171 e. The molecule has 0 aliphatic heterocycles. The van der Waals surface area contributed by atoms with E-state index in [1.165, 1.54) is 6.20 Å². The second-order valence-electron chi connectivity index (χ2n) is 3.13. The third-order valence-electron chi connectivity index (χ3n) is 1.06. The summed E-state index contributed by atoms with van der Waals surface area (Å²) in [5.74, 6) is 0. The zero-order chi connectivity index (χ0) is 7.78. The molecular weight excluding hydrogens is 150 g/mol. The second-order valence-corrected chi connectivity index (χ2v) is 3.51. The number of halogens is 1. The van der Waals surface area contributed by atoms with Crippen LogP contribution < -0.4 is 0 Å². The molecule has 1 rings (SSSR count). The lowest BCUT2D eigenvalue weighted by Crippen LogP contribution is -2.24. The first-order valence-corrected chi connectivity index (χ1v) is 3.46. The molecule has 0 spiro atoms. The maximum absolute atomic E-state index is 5.57. The Hall–Kier alpha value is -0.570. The van der Waals surface area contributed by atoms with Crippen molar-refractivity contribution >= 4 is 11.6 Å². The molecule has 10 heavy (non-hydrogen) atoms. The molecule has 0 aliphatic rings. The van der Waals surface area contributed by atoms with Gasteiger partial charge >= 0.3 is 0 Å². The van der Waals surface area contributed by atoms with Crippen molar-refractivity contribution in [2.75, 3.05) is 0 Å². The van der Waals surface area contributed by atoms with Crippen LogP contribution in [0.2, 0.25) is 5.15 Å². The number of hydrogen-bond donors (Lipinski definition) is 0. The Kier molecular flexibility index (Phi) is 1.68. The van der Waals surface area contributed by atoms with Gasteiger partial charge in [-0.1, -0.05) is 11.6 Å². The van der Waals surface area contributed by atoms with Crippen molar-refractivity contribution in [1.82, 2.24) is 15.0 Å². The van der Waals surface area contributed by atoms with Crippen molar-refractivity contribution in [2.45, 2.75) is 26.3 Å². The lowest BCUT2D eigenvalue weighted by molar-refractivity contribution is 0.312. The molecule has 0 aromatic carbocycles. The van der Waals surface area contributed by atoms with E-state index in [9.17, 15) is 0 Å². The van der Waals surface area contributed by atoms with E-state index in [1.807, 2.05) is 20.8 Å². The van der Waals surface area contributed by atoms with Gasteiger partial charge in [0.25, 0.3) is 0 Å². The normalized spacial score (nSPS) is 12.0. The Bertz CT molecular complexity index is 223. The van der Waals surface area contributed by atoms with Gasteiger partial charge in [0.2, 0.25) is 0 Å². The van der Waals surface area contributed by atoms with Crippen LogP contribution in [0, 0.1) is 0 Å². The van der Waals surface area contributed by atoms with E-state index in [2.05, 4.69) is 10.2 Å². The van der Waals surface area contributed by atoms with Gasteiger partial charge in [-0.2, -0.15) is 9.90 Å². The highest BCUT2D eigenvalue weighted by molar-refractivity contribution is 6.29. The van der Waals surface area contributed by atoms with Crippen molar-refractivity contribution in [3.05, 3.63) is 11.3 Å². The van der Waals surface area contributed by atoms with Gasteiger partial charge in [0.1, 0.15) is 0 Å². The van der Waals surface area contributed by atoms with Gasteiger partial charge in [-0.25, -0.2) is 0 Å². The minimum absolute atomic E-state index is 0.0762. The largest absolute Gasteiger partial charge is 0.178 e. The van der Waals surface area contributed by atoms with Gasteiger partial charge in [-0.15, -0.1) is 5.10 Å². The number of hydrogen-bond acceptors (Lipinski definition) is 2. The predicted octanol–water partition coefficient (Wildman–Crippen LogP) is 1.69. The lowest BCUT2D eigenvalue weighted by atomic mass is 10.1. The maximum Gasteiger partial charge on any atom is 0.171 e. The van der Waals surface area contributed by atoms with Gasteiger partial charge in [-0.3, -0.25) is 0 Å². The zero-order valence-corrected chi connectivity index (χ0v) is 7.05. The first-order valence-electron chi connectivity index (χ1n) is 3.08. The summed E-state index contributed by atoms with van der Waals surface area (Å²) in [6.07, 6.45) is 1.53. The lowest BCUT2D eigenvalue weighted by Gasteiger charge is -2.16. The third kappa shape index (κ3) is 1.48. The van der Waals surface area contributed by atoms with Gasteiger partial charge in [0.05, 0.1) is 11.7 Å². The number of aromatic nitrogens is 3.